The highest BCUT2D eigenvalue weighted by atomic mass is 79.9. The Hall–Kier alpha value is -1.23. The van der Waals surface area contributed by atoms with Gasteiger partial charge in [0.2, 0.25) is 0 Å². The molecule has 2 rings (SSSR count). The molecule has 1 atom stereocenters. The van der Waals surface area contributed by atoms with Crippen molar-refractivity contribution in [3.8, 4) is 11.5 Å². The fraction of sp³-hybridized carbons (Fsp3) is 0.250. The Morgan fingerprint density at radius 3 is 2.62 bits per heavy atom. The quantitative estimate of drug-likeness (QED) is 0.757. The highest BCUT2D eigenvalue weighted by molar-refractivity contribution is 9.10. The van der Waals surface area contributed by atoms with E-state index in [-0.39, 0.29) is 6.04 Å². The van der Waals surface area contributed by atoms with Gasteiger partial charge in [0, 0.05) is 21.1 Å². The average Bonchev–Trinajstić information content (AvgIpc) is 2.44. The molecule has 0 amide bonds. The lowest BCUT2D eigenvalue weighted by atomic mass is 10.1. The van der Waals surface area contributed by atoms with E-state index in [4.69, 9.17) is 26.8 Å². The molecule has 2 N–H and O–H groups in total. The first-order valence-electron chi connectivity index (χ1n) is 6.62. The summed E-state index contributed by atoms with van der Waals surface area (Å²) in [5.74, 6) is 1.55. The second-order valence-corrected chi connectivity index (χ2v) is 5.98. The van der Waals surface area contributed by atoms with E-state index in [1.54, 1.807) is 6.07 Å². The molecule has 0 saturated carbocycles. The normalized spacial score (nSPS) is 12.0. The summed E-state index contributed by atoms with van der Waals surface area (Å²) in [5.41, 5.74) is 6.81. The predicted octanol–water partition coefficient (Wildman–Crippen LogP) is 4.58. The minimum Gasteiger partial charge on any atom is -0.490 e. The van der Waals surface area contributed by atoms with Gasteiger partial charge in [0.15, 0.2) is 0 Å². The van der Waals surface area contributed by atoms with Gasteiger partial charge in [-0.3, -0.25) is 0 Å². The molecule has 0 spiro atoms. The van der Waals surface area contributed by atoms with E-state index in [1.807, 2.05) is 43.3 Å². The van der Waals surface area contributed by atoms with E-state index in [9.17, 15) is 0 Å². The minimum absolute atomic E-state index is 0.135. The largest absolute Gasteiger partial charge is 0.490 e. The molecular formula is C16H17BrClNO2. The monoisotopic (exact) mass is 369 g/mol. The summed E-state index contributed by atoms with van der Waals surface area (Å²) in [6, 6.07) is 13.0. The molecule has 0 aliphatic heterocycles. The summed E-state index contributed by atoms with van der Waals surface area (Å²) < 4.78 is 12.3. The van der Waals surface area contributed by atoms with Crippen LogP contribution in [-0.4, -0.2) is 13.2 Å². The zero-order valence-electron chi connectivity index (χ0n) is 11.7. The van der Waals surface area contributed by atoms with Crippen LogP contribution >= 0.6 is 27.5 Å². The van der Waals surface area contributed by atoms with Gasteiger partial charge in [-0.2, -0.15) is 0 Å². The van der Waals surface area contributed by atoms with Gasteiger partial charge in [-0.15, -0.1) is 0 Å². The summed E-state index contributed by atoms with van der Waals surface area (Å²) in [5, 5.41) is 0.653. The van der Waals surface area contributed by atoms with E-state index in [1.165, 1.54) is 0 Å². The lowest BCUT2D eigenvalue weighted by Gasteiger charge is -2.14. The van der Waals surface area contributed by atoms with Crippen LogP contribution in [0.15, 0.2) is 46.9 Å². The standard InChI is InChI=1S/C16H17BrClNO2/c1-11(19)15-10-13(18)5-6-16(15)21-8-7-20-14-4-2-3-12(17)9-14/h2-6,9-11H,7-8,19H2,1H3/t11-/m0/s1. The van der Waals surface area contributed by atoms with Crippen LogP contribution in [-0.2, 0) is 0 Å². The van der Waals surface area contributed by atoms with Gasteiger partial charge in [-0.25, -0.2) is 0 Å². The van der Waals surface area contributed by atoms with Crippen LogP contribution in [0.4, 0.5) is 0 Å². The van der Waals surface area contributed by atoms with Gasteiger partial charge in [0.25, 0.3) is 0 Å². The van der Waals surface area contributed by atoms with Crippen molar-refractivity contribution >= 4 is 27.5 Å². The van der Waals surface area contributed by atoms with Crippen molar-refractivity contribution in [1.82, 2.24) is 0 Å². The highest BCUT2D eigenvalue weighted by Crippen LogP contribution is 2.27. The maximum Gasteiger partial charge on any atom is 0.124 e. The molecule has 2 aromatic carbocycles. The summed E-state index contributed by atoms with van der Waals surface area (Å²) >= 11 is 9.38. The third kappa shape index (κ3) is 4.92. The molecule has 2 aromatic rings. The molecule has 0 aromatic heterocycles. The number of ether oxygens (including phenoxy) is 2. The highest BCUT2D eigenvalue weighted by Gasteiger charge is 2.09. The van der Waals surface area contributed by atoms with Crippen molar-refractivity contribution in [2.75, 3.05) is 13.2 Å². The Balaban J connectivity index is 1.89. The number of halogens is 2. The van der Waals surface area contributed by atoms with E-state index < -0.39 is 0 Å². The zero-order valence-corrected chi connectivity index (χ0v) is 14.0. The van der Waals surface area contributed by atoms with Crippen LogP contribution in [0, 0.1) is 0 Å². The first-order valence-corrected chi connectivity index (χ1v) is 7.79. The topological polar surface area (TPSA) is 44.5 Å². The summed E-state index contributed by atoms with van der Waals surface area (Å²) in [6.45, 7) is 2.79. The molecular weight excluding hydrogens is 354 g/mol. The smallest absolute Gasteiger partial charge is 0.124 e. The van der Waals surface area contributed by atoms with E-state index in [0.717, 1.165) is 21.5 Å². The molecule has 21 heavy (non-hydrogen) atoms. The number of benzene rings is 2. The SMILES string of the molecule is C[C@H](N)c1cc(Cl)ccc1OCCOc1cccc(Br)c1. The van der Waals surface area contributed by atoms with Crippen molar-refractivity contribution in [2.24, 2.45) is 5.73 Å². The van der Waals surface area contributed by atoms with E-state index in [2.05, 4.69) is 15.9 Å². The first-order chi connectivity index (χ1) is 10.1. The lowest BCUT2D eigenvalue weighted by Crippen LogP contribution is -2.12. The molecule has 0 fully saturated rings. The molecule has 3 nitrogen and oxygen atoms in total. The molecule has 0 bridgehead atoms. The van der Waals surface area contributed by atoms with Crippen molar-refractivity contribution in [2.45, 2.75) is 13.0 Å². The van der Waals surface area contributed by atoms with Gasteiger partial charge in [0.1, 0.15) is 24.7 Å². The van der Waals surface area contributed by atoms with Gasteiger partial charge in [-0.05, 0) is 43.3 Å². The molecule has 0 heterocycles. The second-order valence-electron chi connectivity index (χ2n) is 4.63. The first kappa shape index (κ1) is 16.1. The van der Waals surface area contributed by atoms with Crippen LogP contribution in [0.3, 0.4) is 0 Å². The van der Waals surface area contributed by atoms with Crippen LogP contribution in [0.25, 0.3) is 0 Å². The Kier molecular flexibility index (Phi) is 5.91. The van der Waals surface area contributed by atoms with Crippen LogP contribution in [0.1, 0.15) is 18.5 Å². The Bertz CT molecular complexity index is 605. The van der Waals surface area contributed by atoms with Crippen molar-refractivity contribution < 1.29 is 9.47 Å². The molecule has 0 unspecified atom stereocenters. The van der Waals surface area contributed by atoms with Gasteiger partial charge in [-0.1, -0.05) is 33.6 Å². The van der Waals surface area contributed by atoms with Gasteiger partial charge in [0.05, 0.1) is 0 Å². The third-order valence-electron chi connectivity index (χ3n) is 2.87. The van der Waals surface area contributed by atoms with Crippen molar-refractivity contribution in [1.29, 1.82) is 0 Å². The fourth-order valence-electron chi connectivity index (χ4n) is 1.87. The molecule has 0 aliphatic carbocycles. The number of rotatable bonds is 6. The van der Waals surface area contributed by atoms with Crippen molar-refractivity contribution in [3.63, 3.8) is 0 Å². The fourth-order valence-corrected chi connectivity index (χ4v) is 2.43. The number of hydrogen-bond donors (Lipinski definition) is 1. The molecule has 5 heteroatoms. The zero-order chi connectivity index (χ0) is 15.2. The van der Waals surface area contributed by atoms with E-state index >= 15 is 0 Å². The second kappa shape index (κ2) is 7.69. The van der Waals surface area contributed by atoms with Crippen molar-refractivity contribution in [3.05, 3.63) is 57.5 Å². The Labute approximate surface area is 138 Å². The van der Waals surface area contributed by atoms with Gasteiger partial charge < -0.3 is 15.2 Å². The molecule has 112 valence electrons. The van der Waals surface area contributed by atoms with E-state index in [0.29, 0.717) is 18.2 Å². The maximum absolute atomic E-state index is 5.98. The lowest BCUT2D eigenvalue weighted by molar-refractivity contribution is 0.215. The molecule has 0 saturated heterocycles. The molecule has 0 aliphatic rings. The summed E-state index contributed by atoms with van der Waals surface area (Å²) in [4.78, 5) is 0. The Morgan fingerprint density at radius 1 is 1.14 bits per heavy atom. The molecule has 0 radical (unpaired) electrons. The van der Waals surface area contributed by atoms with Crippen LogP contribution in [0.5, 0.6) is 11.5 Å². The number of hydrogen-bond acceptors (Lipinski definition) is 3. The minimum atomic E-state index is -0.135. The maximum atomic E-state index is 5.98. The van der Waals surface area contributed by atoms with Crippen LogP contribution in [0.2, 0.25) is 5.02 Å². The number of nitrogens with two attached hydrogens (primary N) is 1. The summed E-state index contributed by atoms with van der Waals surface area (Å²) in [6.07, 6.45) is 0. The summed E-state index contributed by atoms with van der Waals surface area (Å²) in [7, 11) is 0. The average molecular weight is 371 g/mol. The third-order valence-corrected chi connectivity index (χ3v) is 3.60. The Morgan fingerprint density at radius 2 is 1.90 bits per heavy atom. The predicted molar refractivity (Wildman–Crippen MR) is 89.2 cm³/mol. The van der Waals surface area contributed by atoms with Gasteiger partial charge >= 0.3 is 0 Å². The van der Waals surface area contributed by atoms with Crippen LogP contribution < -0.4 is 15.2 Å².